The van der Waals surface area contributed by atoms with Gasteiger partial charge in [-0.1, -0.05) is 12.7 Å². The van der Waals surface area contributed by atoms with Crippen LogP contribution in [0.1, 0.15) is 0 Å². The maximum atomic E-state index is 11.3. The van der Waals surface area contributed by atoms with E-state index < -0.39 is 11.9 Å². The molecule has 0 aromatic rings. The van der Waals surface area contributed by atoms with Gasteiger partial charge in [0, 0.05) is 12.1 Å². The van der Waals surface area contributed by atoms with Gasteiger partial charge in [0.15, 0.2) is 0 Å². The summed E-state index contributed by atoms with van der Waals surface area (Å²) in [5, 5.41) is 2.58. The van der Waals surface area contributed by atoms with Crippen LogP contribution in [-0.2, 0) is 14.3 Å². The van der Waals surface area contributed by atoms with Crippen LogP contribution in [-0.4, -0.2) is 25.0 Å². The van der Waals surface area contributed by atoms with Gasteiger partial charge in [0.05, 0.1) is 0 Å². The molecule has 13 heavy (non-hydrogen) atoms. The maximum absolute atomic E-state index is 11.3. The minimum absolute atomic E-state index is 0.0979. The number of rotatable bonds is 3. The predicted octanol–water partition coefficient (Wildman–Crippen LogP) is 0.0178. The zero-order valence-electron chi connectivity index (χ0n) is 7.21. The Balaban J connectivity index is 2.53. The highest BCUT2D eigenvalue weighted by atomic mass is 16.5. The highest BCUT2D eigenvalue weighted by molar-refractivity contribution is 5.99. The van der Waals surface area contributed by atoms with E-state index in [1.54, 1.807) is 6.08 Å². The van der Waals surface area contributed by atoms with Crippen LogP contribution in [0.15, 0.2) is 24.8 Å². The second kappa shape index (κ2) is 3.89. The summed E-state index contributed by atoms with van der Waals surface area (Å²) in [6.07, 6.45) is 1.57. The third-order valence-electron chi connectivity index (χ3n) is 1.80. The summed E-state index contributed by atoms with van der Waals surface area (Å²) < 4.78 is 4.65. The average molecular weight is 181 g/mol. The molecule has 1 aliphatic heterocycles. The van der Waals surface area contributed by atoms with Crippen molar-refractivity contribution in [3.8, 4) is 0 Å². The number of carbonyl (C=O) groups excluding carboxylic acids is 2. The first-order chi connectivity index (χ1) is 6.16. The molecule has 1 saturated heterocycles. The van der Waals surface area contributed by atoms with E-state index in [4.69, 9.17) is 0 Å². The third kappa shape index (κ3) is 1.96. The van der Waals surface area contributed by atoms with E-state index in [1.165, 1.54) is 0 Å². The molecular formula is C9H11NO3. The van der Waals surface area contributed by atoms with Crippen molar-refractivity contribution in [2.24, 2.45) is 5.92 Å². The van der Waals surface area contributed by atoms with Crippen LogP contribution in [0, 0.1) is 5.92 Å². The monoisotopic (exact) mass is 181 g/mol. The fourth-order valence-electron chi connectivity index (χ4n) is 1.02. The Morgan fingerprint density at radius 3 is 2.92 bits per heavy atom. The van der Waals surface area contributed by atoms with Crippen LogP contribution in [0.25, 0.3) is 0 Å². The second-order valence-corrected chi connectivity index (χ2v) is 2.71. The van der Waals surface area contributed by atoms with Crippen molar-refractivity contribution in [2.45, 2.75) is 0 Å². The van der Waals surface area contributed by atoms with Gasteiger partial charge in [-0.25, -0.2) is 4.79 Å². The highest BCUT2D eigenvalue weighted by Gasteiger charge is 2.33. The van der Waals surface area contributed by atoms with Crippen LogP contribution >= 0.6 is 0 Å². The van der Waals surface area contributed by atoms with E-state index in [9.17, 15) is 9.59 Å². The molecule has 1 rings (SSSR count). The van der Waals surface area contributed by atoms with Crippen molar-refractivity contribution in [3.63, 3.8) is 0 Å². The van der Waals surface area contributed by atoms with Gasteiger partial charge in [0.1, 0.15) is 12.5 Å². The van der Waals surface area contributed by atoms with Crippen molar-refractivity contribution >= 4 is 11.9 Å². The Morgan fingerprint density at radius 1 is 1.77 bits per heavy atom. The Morgan fingerprint density at radius 2 is 2.46 bits per heavy atom. The molecule has 1 fully saturated rings. The predicted molar refractivity (Wildman–Crippen MR) is 46.8 cm³/mol. The Bertz CT molecular complexity index is 270. The first kappa shape index (κ1) is 9.51. The number of carbonyl (C=O) groups is 2. The van der Waals surface area contributed by atoms with Gasteiger partial charge in [-0.2, -0.15) is 0 Å². The molecule has 0 radical (unpaired) electrons. The quantitative estimate of drug-likeness (QED) is 0.379. The van der Waals surface area contributed by atoms with Gasteiger partial charge >= 0.3 is 5.97 Å². The summed E-state index contributed by atoms with van der Waals surface area (Å²) in [4.78, 5) is 22.1. The summed E-state index contributed by atoms with van der Waals surface area (Å²) in [6.45, 7) is 7.43. The van der Waals surface area contributed by atoms with Gasteiger partial charge in [-0.05, 0) is 0 Å². The van der Waals surface area contributed by atoms with Gasteiger partial charge in [0.25, 0.3) is 0 Å². The molecule has 0 aromatic carbocycles. The SMILES string of the molecule is C=CCNC(=O)C1COC(=O)C1=C. The fourth-order valence-corrected chi connectivity index (χ4v) is 1.02. The summed E-state index contributed by atoms with van der Waals surface area (Å²) in [5.74, 6) is -1.26. The Hall–Kier alpha value is -1.58. The molecule has 0 aliphatic carbocycles. The molecule has 4 nitrogen and oxygen atoms in total. The number of ether oxygens (including phenoxy) is 1. The fraction of sp³-hybridized carbons (Fsp3) is 0.333. The molecule has 0 aromatic heterocycles. The standard InChI is InChI=1S/C9H11NO3/c1-3-4-10-8(11)7-5-13-9(12)6(7)2/h3,7H,1-2,4-5H2,(H,10,11). The molecule has 1 aliphatic rings. The molecule has 1 N–H and O–H groups in total. The molecule has 0 spiro atoms. The van der Waals surface area contributed by atoms with Crippen molar-refractivity contribution in [1.82, 2.24) is 5.32 Å². The van der Waals surface area contributed by atoms with Crippen LogP contribution in [0.3, 0.4) is 0 Å². The van der Waals surface area contributed by atoms with E-state index in [-0.39, 0.29) is 18.1 Å². The van der Waals surface area contributed by atoms with Gasteiger partial charge in [-0.15, -0.1) is 6.58 Å². The molecule has 0 saturated carbocycles. The second-order valence-electron chi connectivity index (χ2n) is 2.71. The molecular weight excluding hydrogens is 170 g/mol. The van der Waals surface area contributed by atoms with Gasteiger partial charge in [-0.3, -0.25) is 4.79 Å². The number of amides is 1. The summed E-state index contributed by atoms with van der Waals surface area (Å²) in [5.41, 5.74) is 0.224. The Kier molecular flexibility index (Phi) is 2.84. The average Bonchev–Trinajstić information content (AvgIpc) is 2.44. The van der Waals surface area contributed by atoms with E-state index in [0.29, 0.717) is 6.54 Å². The number of esters is 1. The number of hydrogen-bond acceptors (Lipinski definition) is 3. The normalized spacial score (nSPS) is 21.1. The maximum Gasteiger partial charge on any atom is 0.334 e. The van der Waals surface area contributed by atoms with Crippen molar-refractivity contribution in [3.05, 3.63) is 24.8 Å². The Labute approximate surface area is 76.3 Å². The number of cyclic esters (lactones) is 1. The largest absolute Gasteiger partial charge is 0.461 e. The van der Waals surface area contributed by atoms with E-state index in [1.807, 2.05) is 0 Å². The van der Waals surface area contributed by atoms with Crippen LogP contribution in [0.5, 0.6) is 0 Å². The van der Waals surface area contributed by atoms with E-state index in [2.05, 4.69) is 23.2 Å². The first-order valence-electron chi connectivity index (χ1n) is 3.91. The van der Waals surface area contributed by atoms with E-state index >= 15 is 0 Å². The first-order valence-corrected chi connectivity index (χ1v) is 3.91. The molecule has 4 heteroatoms. The third-order valence-corrected chi connectivity index (χ3v) is 1.80. The molecule has 1 amide bonds. The molecule has 1 heterocycles. The van der Waals surface area contributed by atoms with Crippen LogP contribution in [0.4, 0.5) is 0 Å². The van der Waals surface area contributed by atoms with Crippen molar-refractivity contribution < 1.29 is 14.3 Å². The number of hydrogen-bond donors (Lipinski definition) is 1. The molecule has 1 unspecified atom stereocenters. The highest BCUT2D eigenvalue weighted by Crippen LogP contribution is 2.19. The molecule has 70 valence electrons. The lowest BCUT2D eigenvalue weighted by molar-refractivity contribution is -0.135. The summed E-state index contributed by atoms with van der Waals surface area (Å²) in [6, 6.07) is 0. The van der Waals surface area contributed by atoms with E-state index in [0.717, 1.165) is 0 Å². The van der Waals surface area contributed by atoms with Gasteiger partial charge in [0.2, 0.25) is 5.91 Å². The minimum Gasteiger partial charge on any atom is -0.461 e. The van der Waals surface area contributed by atoms with Crippen LogP contribution < -0.4 is 5.32 Å². The molecule has 0 bridgehead atoms. The van der Waals surface area contributed by atoms with Gasteiger partial charge < -0.3 is 10.1 Å². The van der Waals surface area contributed by atoms with Crippen molar-refractivity contribution in [1.29, 1.82) is 0 Å². The molecule has 1 atom stereocenters. The number of nitrogens with one attached hydrogen (secondary N) is 1. The summed E-state index contributed by atoms with van der Waals surface area (Å²) >= 11 is 0. The van der Waals surface area contributed by atoms with Crippen LogP contribution in [0.2, 0.25) is 0 Å². The lowest BCUT2D eigenvalue weighted by Crippen LogP contribution is -2.31. The lowest BCUT2D eigenvalue weighted by Gasteiger charge is -2.06. The topological polar surface area (TPSA) is 55.4 Å². The smallest absolute Gasteiger partial charge is 0.334 e. The summed E-state index contributed by atoms with van der Waals surface area (Å²) in [7, 11) is 0. The lowest BCUT2D eigenvalue weighted by atomic mass is 10.0. The minimum atomic E-state index is -0.535. The van der Waals surface area contributed by atoms with Crippen molar-refractivity contribution in [2.75, 3.05) is 13.2 Å². The zero-order chi connectivity index (χ0) is 9.84. The zero-order valence-corrected chi connectivity index (χ0v) is 7.21.